The topological polar surface area (TPSA) is 43.4 Å². The van der Waals surface area contributed by atoms with Gasteiger partial charge in [-0.1, -0.05) is 40.5 Å². The second-order valence-electron chi connectivity index (χ2n) is 7.62. The minimum Gasteiger partial charge on any atom is -0.454 e. The van der Waals surface area contributed by atoms with Crippen LogP contribution in [0.2, 0.25) is 0 Å². The van der Waals surface area contributed by atoms with Gasteiger partial charge in [-0.05, 0) is 30.1 Å². The summed E-state index contributed by atoms with van der Waals surface area (Å²) < 4.78 is 5.49. The number of ketones is 1. The van der Waals surface area contributed by atoms with Crippen molar-refractivity contribution in [2.45, 2.75) is 66.4 Å². The lowest BCUT2D eigenvalue weighted by Crippen LogP contribution is -2.56. The van der Waals surface area contributed by atoms with Gasteiger partial charge in [0.2, 0.25) is 0 Å². The Labute approximate surface area is 122 Å². The number of fused-ring (bicyclic) bond motifs is 1. The SMILES string of the molecule is CC(=O)OC1C(=O)C(C)CCCC(C)C2CC(C)(C)C12. The van der Waals surface area contributed by atoms with Gasteiger partial charge in [-0.2, -0.15) is 0 Å². The van der Waals surface area contributed by atoms with Crippen LogP contribution in [0, 0.1) is 29.1 Å². The Hall–Kier alpha value is -0.860. The highest BCUT2D eigenvalue weighted by Gasteiger charge is 2.56. The molecule has 0 aromatic rings. The third-order valence-corrected chi connectivity index (χ3v) is 5.54. The number of hydrogen-bond donors (Lipinski definition) is 0. The maximum atomic E-state index is 12.7. The molecule has 20 heavy (non-hydrogen) atoms. The molecule has 0 heterocycles. The van der Waals surface area contributed by atoms with Crippen LogP contribution in [0.1, 0.15) is 60.3 Å². The van der Waals surface area contributed by atoms with Gasteiger partial charge in [0.25, 0.3) is 0 Å². The van der Waals surface area contributed by atoms with E-state index in [0.29, 0.717) is 11.8 Å². The molecule has 5 atom stereocenters. The van der Waals surface area contributed by atoms with E-state index in [4.69, 9.17) is 4.74 Å². The molecule has 0 aromatic carbocycles. The van der Waals surface area contributed by atoms with Gasteiger partial charge < -0.3 is 4.74 Å². The molecule has 0 radical (unpaired) electrons. The van der Waals surface area contributed by atoms with Crippen molar-refractivity contribution in [2.24, 2.45) is 29.1 Å². The fourth-order valence-electron chi connectivity index (χ4n) is 4.35. The van der Waals surface area contributed by atoms with Gasteiger partial charge in [0.15, 0.2) is 11.9 Å². The molecular weight excluding hydrogens is 252 g/mol. The highest BCUT2D eigenvalue weighted by atomic mass is 16.5. The Bertz CT molecular complexity index is 399. The Kier molecular flexibility index (Phi) is 4.27. The van der Waals surface area contributed by atoms with Gasteiger partial charge >= 0.3 is 5.97 Å². The zero-order valence-corrected chi connectivity index (χ0v) is 13.4. The van der Waals surface area contributed by atoms with E-state index in [0.717, 1.165) is 19.3 Å². The van der Waals surface area contributed by atoms with Crippen LogP contribution < -0.4 is 0 Å². The first-order valence-electron chi connectivity index (χ1n) is 7.95. The normalized spacial score (nSPS) is 40.6. The highest BCUT2D eigenvalue weighted by molar-refractivity contribution is 5.87. The van der Waals surface area contributed by atoms with Crippen molar-refractivity contribution in [1.29, 1.82) is 0 Å². The predicted molar refractivity (Wildman–Crippen MR) is 78.1 cm³/mol. The average Bonchev–Trinajstić information content (AvgIpc) is 2.35. The zero-order valence-electron chi connectivity index (χ0n) is 13.4. The summed E-state index contributed by atoms with van der Waals surface area (Å²) in [7, 11) is 0. The molecule has 114 valence electrons. The van der Waals surface area contributed by atoms with Crippen LogP contribution in [0.15, 0.2) is 0 Å². The summed E-state index contributed by atoms with van der Waals surface area (Å²) in [6.45, 7) is 10.1. The summed E-state index contributed by atoms with van der Waals surface area (Å²) in [5.74, 6) is 1.13. The summed E-state index contributed by atoms with van der Waals surface area (Å²) in [6, 6.07) is 0. The number of carbonyl (C=O) groups is 2. The molecule has 0 spiro atoms. The predicted octanol–water partition coefficient (Wildman–Crippen LogP) is 3.61. The van der Waals surface area contributed by atoms with Crippen molar-refractivity contribution in [1.82, 2.24) is 0 Å². The fourth-order valence-corrected chi connectivity index (χ4v) is 4.35. The molecule has 0 saturated heterocycles. The molecule has 2 aliphatic rings. The summed E-state index contributed by atoms with van der Waals surface area (Å²) in [5, 5.41) is 0. The smallest absolute Gasteiger partial charge is 0.303 e. The van der Waals surface area contributed by atoms with Gasteiger partial charge in [0, 0.05) is 18.8 Å². The Balaban J connectivity index is 2.32. The van der Waals surface area contributed by atoms with Crippen molar-refractivity contribution < 1.29 is 14.3 Å². The van der Waals surface area contributed by atoms with Crippen LogP contribution in [-0.4, -0.2) is 17.9 Å². The Morgan fingerprint density at radius 1 is 1.25 bits per heavy atom. The molecule has 2 aliphatic carbocycles. The highest BCUT2D eigenvalue weighted by Crippen LogP contribution is 2.57. The number of ether oxygens (including phenoxy) is 1. The van der Waals surface area contributed by atoms with Crippen LogP contribution in [-0.2, 0) is 14.3 Å². The van der Waals surface area contributed by atoms with Crippen molar-refractivity contribution in [3.63, 3.8) is 0 Å². The standard InChI is InChI=1S/C17H28O3/c1-10-7-6-8-11(2)15(19)16(20-12(3)18)14-13(10)9-17(14,4)5/h10-11,13-14,16H,6-9H2,1-5H3. The number of Topliss-reactive ketones (excluding diaryl/α,β-unsaturated/α-hetero) is 1. The molecule has 2 saturated carbocycles. The third-order valence-electron chi connectivity index (χ3n) is 5.54. The summed E-state index contributed by atoms with van der Waals surface area (Å²) in [6.07, 6.45) is 3.81. The molecule has 2 rings (SSSR count). The third kappa shape index (κ3) is 2.77. The minimum absolute atomic E-state index is 0.00157. The molecule has 3 heteroatoms. The van der Waals surface area contributed by atoms with Crippen LogP contribution in [0.4, 0.5) is 0 Å². The summed E-state index contributed by atoms with van der Waals surface area (Å²) in [5.41, 5.74) is 0.0960. The van der Waals surface area contributed by atoms with Crippen LogP contribution >= 0.6 is 0 Å². The quantitative estimate of drug-likeness (QED) is 0.689. The number of esters is 1. The molecule has 0 bridgehead atoms. The molecule has 0 aliphatic heterocycles. The number of rotatable bonds is 1. The van der Waals surface area contributed by atoms with Crippen molar-refractivity contribution in [2.75, 3.05) is 0 Å². The monoisotopic (exact) mass is 280 g/mol. The van der Waals surface area contributed by atoms with E-state index in [1.54, 1.807) is 0 Å². The van der Waals surface area contributed by atoms with Crippen molar-refractivity contribution >= 4 is 11.8 Å². The minimum atomic E-state index is -0.531. The summed E-state index contributed by atoms with van der Waals surface area (Å²) >= 11 is 0. The van der Waals surface area contributed by atoms with E-state index in [1.807, 2.05) is 6.92 Å². The van der Waals surface area contributed by atoms with Crippen molar-refractivity contribution in [3.8, 4) is 0 Å². The van der Waals surface area contributed by atoms with E-state index in [9.17, 15) is 9.59 Å². The first kappa shape index (κ1) is 15.5. The lowest BCUT2D eigenvalue weighted by atomic mass is 9.50. The van der Waals surface area contributed by atoms with Crippen molar-refractivity contribution in [3.05, 3.63) is 0 Å². The lowest BCUT2D eigenvalue weighted by molar-refractivity contribution is -0.176. The van der Waals surface area contributed by atoms with Crippen LogP contribution in [0.3, 0.4) is 0 Å². The maximum absolute atomic E-state index is 12.7. The van der Waals surface area contributed by atoms with Crippen LogP contribution in [0.25, 0.3) is 0 Å². The van der Waals surface area contributed by atoms with E-state index in [2.05, 4.69) is 20.8 Å². The Morgan fingerprint density at radius 3 is 2.45 bits per heavy atom. The lowest BCUT2D eigenvalue weighted by Gasteiger charge is -2.56. The molecule has 2 fully saturated rings. The fraction of sp³-hybridized carbons (Fsp3) is 0.882. The van der Waals surface area contributed by atoms with E-state index < -0.39 is 6.10 Å². The Morgan fingerprint density at radius 2 is 1.90 bits per heavy atom. The number of hydrogen-bond acceptors (Lipinski definition) is 3. The van der Waals surface area contributed by atoms with E-state index >= 15 is 0 Å². The second-order valence-corrected chi connectivity index (χ2v) is 7.62. The zero-order chi connectivity index (χ0) is 15.1. The number of carbonyl (C=O) groups excluding carboxylic acids is 2. The molecule has 3 nitrogen and oxygen atoms in total. The first-order valence-corrected chi connectivity index (χ1v) is 7.95. The largest absolute Gasteiger partial charge is 0.454 e. The van der Waals surface area contributed by atoms with E-state index in [-0.39, 0.29) is 29.0 Å². The van der Waals surface area contributed by atoms with Gasteiger partial charge in [-0.25, -0.2) is 0 Å². The molecule has 0 N–H and O–H groups in total. The van der Waals surface area contributed by atoms with Gasteiger partial charge in [0.1, 0.15) is 0 Å². The molecule has 5 unspecified atom stereocenters. The summed E-state index contributed by atoms with van der Waals surface area (Å²) in [4.78, 5) is 24.1. The van der Waals surface area contributed by atoms with Crippen LogP contribution in [0.5, 0.6) is 0 Å². The molecular formula is C17H28O3. The van der Waals surface area contributed by atoms with E-state index in [1.165, 1.54) is 13.3 Å². The van der Waals surface area contributed by atoms with Gasteiger partial charge in [-0.3, -0.25) is 9.59 Å². The maximum Gasteiger partial charge on any atom is 0.303 e. The average molecular weight is 280 g/mol. The first-order chi connectivity index (χ1) is 9.24. The molecule has 0 aromatic heterocycles. The molecule has 0 amide bonds. The van der Waals surface area contributed by atoms with Gasteiger partial charge in [0.05, 0.1) is 0 Å². The second kappa shape index (κ2) is 5.50. The van der Waals surface area contributed by atoms with Gasteiger partial charge in [-0.15, -0.1) is 0 Å².